The molecule has 1 heterocycles. The second kappa shape index (κ2) is 10.3. The first-order valence-electron chi connectivity index (χ1n) is 9.39. The number of amides is 1. The van der Waals surface area contributed by atoms with Crippen molar-refractivity contribution in [2.24, 2.45) is 0 Å². The minimum absolute atomic E-state index is 0.116. The lowest BCUT2D eigenvalue weighted by Crippen LogP contribution is -2.27. The molecule has 0 bridgehead atoms. The van der Waals surface area contributed by atoms with Gasteiger partial charge in [-0.2, -0.15) is 0 Å². The molecular formula is C23H23NO4S2. The highest BCUT2D eigenvalue weighted by Gasteiger charge is 2.31. The Balaban J connectivity index is 1.64. The van der Waals surface area contributed by atoms with E-state index < -0.39 is 0 Å². The molecule has 0 unspecified atom stereocenters. The first-order valence-corrected chi connectivity index (χ1v) is 10.6. The van der Waals surface area contributed by atoms with E-state index in [2.05, 4.69) is 6.58 Å². The fraction of sp³-hybridized carbons (Fsp3) is 0.217. The molecule has 156 valence electrons. The van der Waals surface area contributed by atoms with Crippen LogP contribution in [0.2, 0.25) is 0 Å². The zero-order valence-corrected chi connectivity index (χ0v) is 18.6. The minimum atomic E-state index is -0.116. The van der Waals surface area contributed by atoms with Crippen molar-refractivity contribution in [1.29, 1.82) is 0 Å². The lowest BCUT2D eigenvalue weighted by molar-refractivity contribution is -0.121. The van der Waals surface area contributed by atoms with Crippen LogP contribution in [-0.4, -0.2) is 42.0 Å². The van der Waals surface area contributed by atoms with Gasteiger partial charge in [0.05, 0.1) is 12.0 Å². The molecule has 1 fully saturated rings. The fourth-order valence-electron chi connectivity index (χ4n) is 2.86. The average Bonchev–Trinajstić information content (AvgIpc) is 3.00. The summed E-state index contributed by atoms with van der Waals surface area (Å²) in [6.07, 6.45) is 3.47. The van der Waals surface area contributed by atoms with E-state index in [0.717, 1.165) is 11.1 Å². The van der Waals surface area contributed by atoms with Gasteiger partial charge in [0.2, 0.25) is 0 Å². The van der Waals surface area contributed by atoms with Gasteiger partial charge in [-0.15, -0.1) is 6.58 Å². The Bertz CT molecular complexity index is 987. The second-order valence-corrected chi connectivity index (χ2v) is 8.15. The lowest BCUT2D eigenvalue weighted by atomic mass is 10.2. The molecule has 7 heteroatoms. The Hall–Kier alpha value is -2.77. The van der Waals surface area contributed by atoms with E-state index in [1.54, 1.807) is 13.2 Å². The highest BCUT2D eigenvalue weighted by molar-refractivity contribution is 8.26. The van der Waals surface area contributed by atoms with Gasteiger partial charge in [0.25, 0.3) is 5.91 Å². The van der Waals surface area contributed by atoms with Crippen molar-refractivity contribution < 1.29 is 19.0 Å². The molecule has 0 aliphatic carbocycles. The van der Waals surface area contributed by atoms with Crippen molar-refractivity contribution in [2.75, 3.05) is 26.9 Å². The van der Waals surface area contributed by atoms with Crippen LogP contribution in [0.4, 0.5) is 0 Å². The largest absolute Gasteiger partial charge is 0.493 e. The quantitative estimate of drug-likeness (QED) is 0.240. The summed E-state index contributed by atoms with van der Waals surface area (Å²) in [6.45, 7) is 6.78. The number of methoxy groups -OCH3 is 1. The van der Waals surface area contributed by atoms with Crippen molar-refractivity contribution >= 4 is 40.3 Å². The maximum absolute atomic E-state index is 12.6. The number of para-hydroxylation sites is 1. The molecule has 2 aromatic rings. The van der Waals surface area contributed by atoms with Crippen LogP contribution >= 0.6 is 24.0 Å². The topological polar surface area (TPSA) is 48.0 Å². The van der Waals surface area contributed by atoms with Crippen LogP contribution in [0.15, 0.2) is 60.0 Å². The first kappa shape index (κ1) is 21.9. The van der Waals surface area contributed by atoms with Gasteiger partial charge in [0.15, 0.2) is 11.5 Å². The Morgan fingerprint density at radius 2 is 1.83 bits per heavy atom. The molecular weight excluding hydrogens is 418 g/mol. The van der Waals surface area contributed by atoms with Gasteiger partial charge in [-0.1, -0.05) is 54.3 Å². The van der Waals surface area contributed by atoms with Gasteiger partial charge in [0, 0.05) is 12.1 Å². The summed E-state index contributed by atoms with van der Waals surface area (Å²) in [6, 6.07) is 13.3. The number of carbonyl (C=O) groups excluding carboxylic acids is 1. The molecule has 0 spiro atoms. The number of nitrogens with zero attached hydrogens (tertiary/aromatic N) is 1. The number of benzene rings is 2. The van der Waals surface area contributed by atoms with Crippen LogP contribution < -0.4 is 14.2 Å². The molecule has 0 atom stereocenters. The molecule has 2 aromatic carbocycles. The zero-order chi connectivity index (χ0) is 21.5. The summed E-state index contributed by atoms with van der Waals surface area (Å²) in [5, 5.41) is 0. The summed E-state index contributed by atoms with van der Waals surface area (Å²) in [4.78, 5) is 14.7. The molecule has 0 saturated carbocycles. The molecule has 1 aliphatic rings. The van der Waals surface area contributed by atoms with Crippen molar-refractivity contribution in [1.82, 2.24) is 4.90 Å². The number of hydrogen-bond acceptors (Lipinski definition) is 6. The normalized spacial score (nSPS) is 14.9. The Morgan fingerprint density at radius 3 is 2.57 bits per heavy atom. The maximum Gasteiger partial charge on any atom is 0.266 e. The lowest BCUT2D eigenvalue weighted by Gasteiger charge is -2.13. The van der Waals surface area contributed by atoms with Crippen molar-refractivity contribution in [2.45, 2.75) is 6.92 Å². The Morgan fingerprint density at radius 1 is 1.10 bits per heavy atom. The predicted molar refractivity (Wildman–Crippen MR) is 125 cm³/mol. The molecule has 1 amide bonds. The van der Waals surface area contributed by atoms with E-state index in [1.165, 1.54) is 16.7 Å². The maximum atomic E-state index is 12.6. The van der Waals surface area contributed by atoms with Gasteiger partial charge >= 0.3 is 0 Å². The number of thiocarbonyl (C=S) groups is 1. The molecule has 3 rings (SSSR count). The van der Waals surface area contributed by atoms with E-state index in [0.29, 0.717) is 46.2 Å². The molecule has 0 N–H and O–H groups in total. The predicted octanol–water partition coefficient (Wildman–Crippen LogP) is 4.85. The van der Waals surface area contributed by atoms with Gasteiger partial charge in [0.1, 0.15) is 23.3 Å². The molecule has 30 heavy (non-hydrogen) atoms. The average molecular weight is 442 g/mol. The Labute approximate surface area is 186 Å². The van der Waals surface area contributed by atoms with E-state index in [-0.39, 0.29) is 5.91 Å². The molecule has 0 radical (unpaired) electrons. The van der Waals surface area contributed by atoms with E-state index in [1.807, 2.05) is 55.5 Å². The number of rotatable bonds is 9. The van der Waals surface area contributed by atoms with E-state index in [9.17, 15) is 4.79 Å². The third-order valence-electron chi connectivity index (χ3n) is 4.31. The number of aryl methyl sites for hydroxylation is 1. The molecule has 5 nitrogen and oxygen atoms in total. The molecule has 1 aliphatic heterocycles. The summed E-state index contributed by atoms with van der Waals surface area (Å²) in [7, 11) is 1.62. The molecule has 0 aromatic heterocycles. The van der Waals surface area contributed by atoms with Crippen LogP contribution in [0, 0.1) is 6.92 Å². The SMILES string of the molecule is C=CCN1C(=O)C(=Cc2ccccc2OCCOc2ccc(C)cc2OC)SC1=S. The summed E-state index contributed by atoms with van der Waals surface area (Å²) in [5.74, 6) is 1.92. The first-order chi connectivity index (χ1) is 14.5. The number of carbonyl (C=O) groups is 1. The van der Waals surface area contributed by atoms with Crippen LogP contribution in [0.5, 0.6) is 17.2 Å². The van der Waals surface area contributed by atoms with Gasteiger partial charge in [-0.25, -0.2) is 0 Å². The van der Waals surface area contributed by atoms with Gasteiger partial charge in [-0.3, -0.25) is 9.69 Å². The standard InChI is InChI=1S/C23H23NO4S2/c1-4-11-24-22(25)21(30-23(24)29)15-17-7-5-6-8-18(17)27-12-13-28-19-10-9-16(2)14-20(19)26-3/h4-10,14-15H,1,11-13H2,2-3H3. The zero-order valence-electron chi connectivity index (χ0n) is 16.9. The number of hydrogen-bond donors (Lipinski definition) is 0. The second-order valence-electron chi connectivity index (χ2n) is 6.47. The summed E-state index contributed by atoms with van der Waals surface area (Å²) in [5.41, 5.74) is 1.91. The summed E-state index contributed by atoms with van der Waals surface area (Å²) < 4.78 is 17.6. The number of thioether (sulfide) groups is 1. The Kier molecular flexibility index (Phi) is 7.54. The highest BCUT2D eigenvalue weighted by Crippen LogP contribution is 2.34. The number of ether oxygens (including phenoxy) is 3. The minimum Gasteiger partial charge on any atom is -0.493 e. The van der Waals surface area contributed by atoms with Crippen LogP contribution in [-0.2, 0) is 4.79 Å². The monoisotopic (exact) mass is 441 g/mol. The van der Waals surface area contributed by atoms with Gasteiger partial charge < -0.3 is 14.2 Å². The third kappa shape index (κ3) is 5.23. The van der Waals surface area contributed by atoms with Crippen molar-refractivity contribution in [3.8, 4) is 17.2 Å². The van der Waals surface area contributed by atoms with E-state index in [4.69, 9.17) is 26.4 Å². The van der Waals surface area contributed by atoms with Gasteiger partial charge in [-0.05, 0) is 36.8 Å². The summed E-state index contributed by atoms with van der Waals surface area (Å²) >= 11 is 6.57. The van der Waals surface area contributed by atoms with Crippen molar-refractivity contribution in [3.05, 3.63) is 71.2 Å². The van der Waals surface area contributed by atoms with Crippen LogP contribution in [0.3, 0.4) is 0 Å². The van der Waals surface area contributed by atoms with Crippen LogP contribution in [0.1, 0.15) is 11.1 Å². The smallest absolute Gasteiger partial charge is 0.266 e. The highest BCUT2D eigenvalue weighted by atomic mass is 32.2. The molecule has 1 saturated heterocycles. The van der Waals surface area contributed by atoms with Crippen molar-refractivity contribution in [3.63, 3.8) is 0 Å². The van der Waals surface area contributed by atoms with E-state index >= 15 is 0 Å². The fourth-order valence-corrected chi connectivity index (χ4v) is 4.12. The third-order valence-corrected chi connectivity index (χ3v) is 5.69. The van der Waals surface area contributed by atoms with Crippen LogP contribution in [0.25, 0.3) is 6.08 Å².